The third kappa shape index (κ3) is 84.1. The van der Waals surface area contributed by atoms with Gasteiger partial charge < -0.3 is 28.3 Å². The molecule has 0 heterocycles. The van der Waals surface area contributed by atoms with Gasteiger partial charge in [0.25, 0.3) is 0 Å². The van der Waals surface area contributed by atoms with Gasteiger partial charge in [-0.2, -0.15) is 0 Å². The molecule has 3 atom stereocenters. The van der Waals surface area contributed by atoms with Gasteiger partial charge in [0.2, 0.25) is 0 Å². The number of hydrogen-bond acceptors (Lipinski definition) is 6. The van der Waals surface area contributed by atoms with Crippen LogP contribution in [0.5, 0.6) is 0 Å². The van der Waals surface area contributed by atoms with Crippen LogP contribution in [0.15, 0.2) is 0 Å². The maximum Gasteiger partial charge on any atom is 0.316 e. The summed E-state index contributed by atoms with van der Waals surface area (Å²) in [6, 6.07) is 0. The van der Waals surface area contributed by atoms with E-state index in [1.165, 1.54) is 270 Å². The Balaban J connectivity index is -0.000000441. The average Bonchev–Trinajstić information content (AvgIpc) is 3.29. The molecule has 0 aliphatic rings. The van der Waals surface area contributed by atoms with Gasteiger partial charge >= 0.3 is 24.8 Å². The molecule has 0 aliphatic carbocycles. The number of unbranched alkanes of at least 4 members (excludes halogenated alkanes) is 45. The molecule has 9 nitrogen and oxygen atoms in total. The maximum atomic E-state index is 10.3. The summed E-state index contributed by atoms with van der Waals surface area (Å²) in [5, 5.41) is 0. The number of rotatable bonds is 54. The fourth-order valence-electron chi connectivity index (χ4n) is 8.43. The summed E-state index contributed by atoms with van der Waals surface area (Å²) in [5.41, 5.74) is 0. The van der Waals surface area contributed by atoms with Gasteiger partial charge in [0.15, 0.2) is 0 Å². The van der Waals surface area contributed by atoms with Crippen LogP contribution in [0, 0.1) is 0 Å². The molecule has 13 heteroatoms. The van der Waals surface area contributed by atoms with E-state index in [2.05, 4.69) is 34.3 Å². The third-order valence-corrected chi connectivity index (χ3v) is 14.0. The van der Waals surface area contributed by atoms with Gasteiger partial charge in [0.1, 0.15) is 0 Å². The Morgan fingerprint density at radius 2 is 0.328 bits per heavy atom. The fourth-order valence-corrected chi connectivity index (χ4v) is 9.39. The molecule has 67 heavy (non-hydrogen) atoms. The first-order valence-corrected chi connectivity index (χ1v) is 32.7. The van der Waals surface area contributed by atoms with Crippen LogP contribution in [-0.4, -0.2) is 34.5 Å². The molecule has 0 amide bonds. The summed E-state index contributed by atoms with van der Waals surface area (Å²) >= 11 is 0. The van der Waals surface area contributed by atoms with Crippen molar-refractivity contribution in [3.63, 3.8) is 0 Å². The van der Waals surface area contributed by atoms with Gasteiger partial charge in [-0.3, -0.25) is 13.7 Å². The van der Waals surface area contributed by atoms with Crippen molar-refractivity contribution in [2.24, 2.45) is 0 Å². The first-order valence-electron chi connectivity index (χ1n) is 28.9. The van der Waals surface area contributed by atoms with Crippen molar-refractivity contribution in [2.75, 3.05) is 19.8 Å². The van der Waals surface area contributed by atoms with E-state index in [0.717, 1.165) is 38.5 Å². The van der Waals surface area contributed by atoms with Crippen molar-refractivity contribution in [1.29, 1.82) is 0 Å². The van der Waals surface area contributed by atoms with Crippen molar-refractivity contribution in [2.45, 2.75) is 329 Å². The van der Waals surface area contributed by atoms with Gasteiger partial charge in [0.05, 0.1) is 19.8 Å². The van der Waals surface area contributed by atoms with Crippen molar-refractivity contribution in [3.05, 3.63) is 0 Å². The Hall–Kier alpha value is 0.956. The van der Waals surface area contributed by atoms with E-state index in [1.54, 1.807) is 0 Å². The predicted octanol–water partition coefficient (Wildman–Crippen LogP) is 19.9. The van der Waals surface area contributed by atoms with Crippen molar-refractivity contribution in [3.8, 4) is 0 Å². The molecule has 0 aliphatic heterocycles. The van der Waals surface area contributed by atoms with Crippen LogP contribution in [-0.2, 0) is 44.0 Å². The molecular formula is C54H117CoO9P3. The second kappa shape index (κ2) is 71.2. The minimum absolute atomic E-state index is 0. The fraction of sp³-hybridized carbons (Fsp3) is 1.00. The molecule has 3 unspecified atom stereocenters. The maximum absolute atomic E-state index is 10.3. The van der Waals surface area contributed by atoms with E-state index < -0.39 is 24.8 Å². The normalized spacial score (nSPS) is 12.4. The first-order chi connectivity index (χ1) is 32.3. The first kappa shape index (κ1) is 74.5. The minimum atomic E-state index is -2.70. The van der Waals surface area contributed by atoms with Crippen LogP contribution in [0.1, 0.15) is 329 Å². The van der Waals surface area contributed by atoms with Gasteiger partial charge in [-0.25, -0.2) is 0 Å². The van der Waals surface area contributed by atoms with Crippen molar-refractivity contribution < 1.29 is 58.7 Å². The molecule has 0 rings (SSSR count). The summed E-state index contributed by atoms with van der Waals surface area (Å²) in [6.45, 7) is 8.13. The van der Waals surface area contributed by atoms with Gasteiger partial charge in [-0.1, -0.05) is 310 Å². The van der Waals surface area contributed by atoms with Crippen LogP contribution in [0.25, 0.3) is 0 Å². The largest absolute Gasteiger partial charge is 0.326 e. The van der Waals surface area contributed by atoms with Crippen LogP contribution in [0.2, 0.25) is 0 Å². The molecule has 0 bridgehead atoms. The molecule has 0 aromatic heterocycles. The average molecular weight is 1060 g/mol. The Kier molecular flexibility index (Phi) is 79.2. The van der Waals surface area contributed by atoms with E-state index in [1.807, 2.05) is 0 Å². The number of hydrogen-bond donors (Lipinski definition) is 3. The minimum Gasteiger partial charge on any atom is -0.326 e. The molecule has 0 saturated heterocycles. The summed E-state index contributed by atoms with van der Waals surface area (Å²) in [5.74, 6) is 0. The third-order valence-electron chi connectivity index (χ3n) is 12.7. The zero-order valence-corrected chi connectivity index (χ0v) is 48.7. The van der Waals surface area contributed by atoms with Crippen LogP contribution < -0.4 is 0 Å². The Labute approximate surface area is 430 Å². The quantitative estimate of drug-likeness (QED) is 0.0401. The molecule has 0 aromatic carbocycles. The van der Waals surface area contributed by atoms with E-state index in [0.29, 0.717) is 19.8 Å². The topological polar surface area (TPSA) is 140 Å². The zero-order chi connectivity index (χ0) is 48.9. The molecular weight excluding hydrogens is 944 g/mol. The zero-order valence-electron chi connectivity index (χ0n) is 44.7. The molecule has 3 N–H and O–H groups in total. The standard InChI is InChI=1S/3C18H39O3P.Co/c3*1-2-3-4-5-6-7-8-9-10-11-12-13-14-15-16-17-18-21-22(19)20;/h3*22H,2-18H2,1H3,(H,19,20);. The molecule has 1 radical (unpaired) electrons. The molecule has 0 aromatic rings. The predicted molar refractivity (Wildman–Crippen MR) is 290 cm³/mol. The summed E-state index contributed by atoms with van der Waals surface area (Å²) in [4.78, 5) is 25.5. The summed E-state index contributed by atoms with van der Waals surface area (Å²) in [7, 11) is -8.11. The van der Waals surface area contributed by atoms with Crippen molar-refractivity contribution in [1.82, 2.24) is 0 Å². The Morgan fingerprint density at radius 1 is 0.224 bits per heavy atom. The summed E-state index contributed by atoms with van der Waals surface area (Å²) < 4.78 is 45.0. The van der Waals surface area contributed by atoms with Gasteiger partial charge in [-0.05, 0) is 19.3 Å². The van der Waals surface area contributed by atoms with Crippen LogP contribution in [0.4, 0.5) is 0 Å². The van der Waals surface area contributed by atoms with E-state index >= 15 is 0 Å². The second-order valence-electron chi connectivity index (χ2n) is 19.3. The molecule has 0 spiro atoms. The van der Waals surface area contributed by atoms with E-state index in [-0.39, 0.29) is 16.8 Å². The Morgan fingerprint density at radius 3 is 0.433 bits per heavy atom. The van der Waals surface area contributed by atoms with Crippen LogP contribution in [0.3, 0.4) is 0 Å². The van der Waals surface area contributed by atoms with Gasteiger partial charge in [0, 0.05) is 16.8 Å². The van der Waals surface area contributed by atoms with Crippen LogP contribution >= 0.6 is 24.8 Å². The molecule has 0 fully saturated rings. The van der Waals surface area contributed by atoms with Gasteiger partial charge in [-0.15, -0.1) is 0 Å². The van der Waals surface area contributed by atoms with Crippen molar-refractivity contribution >= 4 is 24.8 Å². The van der Waals surface area contributed by atoms with E-state index in [9.17, 15) is 13.7 Å². The molecule has 411 valence electrons. The monoisotopic (exact) mass is 1060 g/mol. The smallest absolute Gasteiger partial charge is 0.316 e. The summed E-state index contributed by atoms with van der Waals surface area (Å²) in [6.07, 6.45) is 64.3. The molecule has 0 saturated carbocycles. The Bertz CT molecular complexity index is 825. The van der Waals surface area contributed by atoms with E-state index in [4.69, 9.17) is 14.7 Å². The second-order valence-corrected chi connectivity index (χ2v) is 21.7. The SMILES string of the molecule is CCCCCCCCCCCCCCCCCCO[PH](=O)O.CCCCCCCCCCCCCCCCCCO[PH](=O)O.CCCCCCCCCCCCCCCCCCO[PH](=O)O.[Co].